The largest absolute Gasteiger partial charge is 0.352 e. The number of nitro benzene ring substituents is 1. The molecule has 1 aliphatic heterocycles. The molecule has 10 heteroatoms. The normalized spacial score (nSPS) is 17.0. The lowest BCUT2D eigenvalue weighted by Crippen LogP contribution is -2.37. The van der Waals surface area contributed by atoms with Gasteiger partial charge in [0.25, 0.3) is 5.69 Å². The molecule has 36 heavy (non-hydrogen) atoms. The molecule has 0 spiro atoms. The van der Waals surface area contributed by atoms with E-state index in [0.29, 0.717) is 16.5 Å². The minimum atomic E-state index is -0.421. The lowest BCUT2D eigenvalue weighted by atomic mass is 10.0. The molecule has 0 aliphatic carbocycles. The topological polar surface area (TPSA) is 105 Å². The van der Waals surface area contributed by atoms with Crippen LogP contribution in [0.15, 0.2) is 97.3 Å². The predicted molar refractivity (Wildman–Crippen MR) is 140 cm³/mol. The van der Waals surface area contributed by atoms with Crippen molar-refractivity contribution in [1.29, 1.82) is 0 Å². The average Bonchev–Trinajstić information content (AvgIpc) is 3.50. The van der Waals surface area contributed by atoms with Crippen LogP contribution in [0.3, 0.4) is 0 Å². The Balaban J connectivity index is 1.53. The Bertz CT molecular complexity index is 1410. The molecule has 1 amide bonds. The van der Waals surface area contributed by atoms with Gasteiger partial charge in [-0.3, -0.25) is 19.9 Å². The van der Waals surface area contributed by atoms with Crippen molar-refractivity contribution in [3.05, 3.63) is 119 Å². The first-order valence-corrected chi connectivity index (χ1v) is 11.7. The van der Waals surface area contributed by atoms with Crippen molar-refractivity contribution in [2.45, 2.75) is 12.1 Å². The average molecular weight is 499 g/mol. The molecule has 4 aromatic rings. The molecule has 2 N–H and O–H groups in total. The number of para-hydroxylation sites is 1. The van der Waals surface area contributed by atoms with E-state index >= 15 is 0 Å². The second kappa shape index (κ2) is 9.96. The van der Waals surface area contributed by atoms with Crippen LogP contribution in [0.2, 0.25) is 0 Å². The number of non-ortho nitro benzene ring substituents is 1. The molecule has 1 aliphatic rings. The van der Waals surface area contributed by atoms with Gasteiger partial charge in [0.15, 0.2) is 5.11 Å². The maximum Gasteiger partial charge on any atom is 0.271 e. The molecule has 180 valence electrons. The molecule has 2 unspecified atom stereocenters. The van der Waals surface area contributed by atoms with Crippen LogP contribution in [0.4, 0.5) is 11.4 Å². The standard InChI is InChI=1S/C26H22N6O3S/c33-23(28-18-8-2-1-3-9-18)17-31-25(24(29-26(31)36)21-12-4-5-14-27-21)22-13-7-15-30(22)19-10-6-11-20(16-19)32(34)35/h1-16,24-25H,17H2,(H,28,33)(H,29,36). The first-order valence-electron chi connectivity index (χ1n) is 11.3. The van der Waals surface area contributed by atoms with E-state index in [-0.39, 0.29) is 24.2 Å². The molecule has 0 bridgehead atoms. The molecule has 1 saturated heterocycles. The highest BCUT2D eigenvalue weighted by atomic mass is 32.1. The summed E-state index contributed by atoms with van der Waals surface area (Å²) in [4.78, 5) is 30.3. The van der Waals surface area contributed by atoms with Crippen LogP contribution >= 0.6 is 12.2 Å². The number of nitro groups is 1. The number of hydrogen-bond acceptors (Lipinski definition) is 5. The molecular weight excluding hydrogens is 476 g/mol. The van der Waals surface area contributed by atoms with Crippen molar-refractivity contribution in [3.63, 3.8) is 0 Å². The fraction of sp³-hybridized carbons (Fsp3) is 0.115. The summed E-state index contributed by atoms with van der Waals surface area (Å²) in [5.41, 5.74) is 2.90. The molecule has 5 rings (SSSR count). The number of thiocarbonyl (C=S) groups is 1. The number of nitrogens with one attached hydrogen (secondary N) is 2. The predicted octanol–water partition coefficient (Wildman–Crippen LogP) is 4.39. The van der Waals surface area contributed by atoms with E-state index < -0.39 is 11.0 Å². The minimum Gasteiger partial charge on any atom is -0.352 e. The zero-order chi connectivity index (χ0) is 25.1. The number of pyridine rings is 1. The lowest BCUT2D eigenvalue weighted by molar-refractivity contribution is -0.384. The number of amides is 1. The summed E-state index contributed by atoms with van der Waals surface area (Å²) in [6, 6.07) is 24.3. The summed E-state index contributed by atoms with van der Waals surface area (Å²) in [7, 11) is 0. The maximum atomic E-state index is 13.0. The number of anilines is 1. The van der Waals surface area contributed by atoms with E-state index in [1.807, 2.05) is 76.3 Å². The van der Waals surface area contributed by atoms with Gasteiger partial charge in [-0.25, -0.2) is 0 Å². The van der Waals surface area contributed by atoms with Gasteiger partial charge in [-0.15, -0.1) is 0 Å². The van der Waals surface area contributed by atoms with Crippen LogP contribution in [0.1, 0.15) is 23.5 Å². The third kappa shape index (κ3) is 4.66. The number of nitrogens with zero attached hydrogens (tertiary/aromatic N) is 4. The molecule has 2 aromatic heterocycles. The summed E-state index contributed by atoms with van der Waals surface area (Å²) >= 11 is 5.68. The fourth-order valence-corrected chi connectivity index (χ4v) is 4.71. The van der Waals surface area contributed by atoms with E-state index in [9.17, 15) is 14.9 Å². The number of aromatic nitrogens is 2. The van der Waals surface area contributed by atoms with E-state index in [2.05, 4.69) is 15.6 Å². The molecule has 0 radical (unpaired) electrons. The number of benzene rings is 2. The molecule has 3 heterocycles. The van der Waals surface area contributed by atoms with Crippen LogP contribution < -0.4 is 10.6 Å². The quantitative estimate of drug-likeness (QED) is 0.221. The van der Waals surface area contributed by atoms with Crippen molar-refractivity contribution in [2.75, 3.05) is 11.9 Å². The monoisotopic (exact) mass is 498 g/mol. The molecule has 2 atom stereocenters. The minimum absolute atomic E-state index is 0.00686. The molecular formula is C26H22N6O3S. The van der Waals surface area contributed by atoms with Crippen molar-refractivity contribution >= 4 is 34.6 Å². The van der Waals surface area contributed by atoms with Gasteiger partial charge in [-0.05, 0) is 54.7 Å². The zero-order valence-corrected chi connectivity index (χ0v) is 19.8. The number of rotatable bonds is 7. The van der Waals surface area contributed by atoms with Crippen LogP contribution in [-0.4, -0.2) is 36.9 Å². The Morgan fingerprint density at radius 1 is 1.06 bits per heavy atom. The van der Waals surface area contributed by atoms with Crippen LogP contribution in [-0.2, 0) is 4.79 Å². The first kappa shape index (κ1) is 23.2. The Morgan fingerprint density at radius 3 is 2.61 bits per heavy atom. The van der Waals surface area contributed by atoms with E-state index in [1.165, 1.54) is 12.1 Å². The first-order chi connectivity index (χ1) is 17.5. The van der Waals surface area contributed by atoms with E-state index in [4.69, 9.17) is 12.2 Å². The van der Waals surface area contributed by atoms with Gasteiger partial charge in [0, 0.05) is 35.9 Å². The highest BCUT2D eigenvalue weighted by Crippen LogP contribution is 2.39. The third-order valence-corrected chi connectivity index (χ3v) is 6.32. The van der Waals surface area contributed by atoms with Crippen molar-refractivity contribution in [3.8, 4) is 5.69 Å². The van der Waals surface area contributed by atoms with Crippen molar-refractivity contribution in [2.24, 2.45) is 0 Å². The van der Waals surface area contributed by atoms with Crippen LogP contribution in [0.5, 0.6) is 0 Å². The molecule has 9 nitrogen and oxygen atoms in total. The zero-order valence-electron chi connectivity index (χ0n) is 19.0. The van der Waals surface area contributed by atoms with Gasteiger partial charge in [-0.2, -0.15) is 0 Å². The summed E-state index contributed by atoms with van der Waals surface area (Å²) in [6.45, 7) is 0.00878. The summed E-state index contributed by atoms with van der Waals surface area (Å²) in [6.07, 6.45) is 3.55. The van der Waals surface area contributed by atoms with Gasteiger partial charge < -0.3 is 20.1 Å². The van der Waals surface area contributed by atoms with Crippen LogP contribution in [0.25, 0.3) is 5.69 Å². The SMILES string of the molecule is O=C(CN1C(=S)NC(c2ccccn2)C1c1cccn1-c1cccc([N+](=O)[O-])c1)Nc1ccccc1. The number of carbonyl (C=O) groups is 1. The van der Waals surface area contributed by atoms with Gasteiger partial charge >= 0.3 is 0 Å². The highest BCUT2D eigenvalue weighted by Gasteiger charge is 2.42. The summed E-state index contributed by atoms with van der Waals surface area (Å²) < 4.78 is 1.88. The van der Waals surface area contributed by atoms with E-state index in [1.54, 1.807) is 18.3 Å². The number of carbonyl (C=O) groups excluding carboxylic acids is 1. The highest BCUT2D eigenvalue weighted by molar-refractivity contribution is 7.80. The Labute approximate surface area is 212 Å². The van der Waals surface area contributed by atoms with Gasteiger partial charge in [0.2, 0.25) is 5.91 Å². The second-order valence-corrected chi connectivity index (χ2v) is 8.64. The van der Waals surface area contributed by atoms with Gasteiger partial charge in [-0.1, -0.05) is 30.3 Å². The maximum absolute atomic E-state index is 13.0. The van der Waals surface area contributed by atoms with Crippen molar-refractivity contribution in [1.82, 2.24) is 19.8 Å². The summed E-state index contributed by atoms with van der Waals surface area (Å²) in [5, 5.41) is 18.0. The van der Waals surface area contributed by atoms with E-state index in [0.717, 1.165) is 11.4 Å². The Kier molecular flexibility index (Phi) is 6.42. The molecule has 0 saturated carbocycles. The molecule has 1 fully saturated rings. The number of hydrogen-bond donors (Lipinski definition) is 2. The van der Waals surface area contributed by atoms with Gasteiger partial charge in [0.05, 0.1) is 28.4 Å². The lowest BCUT2D eigenvalue weighted by Gasteiger charge is -2.28. The Hall–Kier alpha value is -4.57. The van der Waals surface area contributed by atoms with Crippen molar-refractivity contribution < 1.29 is 9.72 Å². The smallest absolute Gasteiger partial charge is 0.271 e. The van der Waals surface area contributed by atoms with Gasteiger partial charge in [0.1, 0.15) is 6.54 Å². The summed E-state index contributed by atoms with van der Waals surface area (Å²) in [5.74, 6) is -0.217. The molecule has 2 aromatic carbocycles. The fourth-order valence-electron chi connectivity index (χ4n) is 4.40. The third-order valence-electron chi connectivity index (χ3n) is 5.97. The van der Waals surface area contributed by atoms with Crippen LogP contribution in [0, 0.1) is 10.1 Å². The second-order valence-electron chi connectivity index (χ2n) is 8.25. The Morgan fingerprint density at radius 2 is 1.86 bits per heavy atom.